The molecule has 1 unspecified atom stereocenters. The largest absolute Gasteiger partial charge is 0.497 e. The highest BCUT2D eigenvalue weighted by Gasteiger charge is 2.23. The summed E-state index contributed by atoms with van der Waals surface area (Å²) < 4.78 is 12.9. The molecule has 0 aliphatic rings. The number of hydrogen-bond donors (Lipinski definition) is 1. The summed E-state index contributed by atoms with van der Waals surface area (Å²) in [6.07, 6.45) is 2.30. The Hall–Kier alpha value is -3.52. The van der Waals surface area contributed by atoms with Gasteiger partial charge in [0.1, 0.15) is 11.5 Å². The summed E-state index contributed by atoms with van der Waals surface area (Å²) in [6, 6.07) is 21.3. The number of hydrogen-bond acceptors (Lipinski definition) is 6. The Morgan fingerprint density at radius 3 is 2.70 bits per heavy atom. The lowest BCUT2D eigenvalue weighted by atomic mass is 10.2. The Kier molecular flexibility index (Phi) is 7.47. The smallest absolute Gasteiger partial charge is 0.233 e. The van der Waals surface area contributed by atoms with Crippen molar-refractivity contribution in [3.63, 3.8) is 0 Å². The number of carbonyl (C=O) groups is 1. The highest BCUT2D eigenvalue weighted by molar-refractivity contribution is 8.00. The standard InChI is InChI=1S/C25H26N4O3S/c1-3-22(24(30)26-16-18-9-5-4-6-10-18)33-25-28-27-23(19-11-7-12-20(15-19)31-2)29(25)17-21-13-8-14-32-21/h4-15,22H,3,16-17H2,1-2H3,(H,26,30). The van der Waals surface area contributed by atoms with E-state index in [4.69, 9.17) is 9.15 Å². The van der Waals surface area contributed by atoms with E-state index in [2.05, 4.69) is 15.5 Å². The number of benzene rings is 2. The van der Waals surface area contributed by atoms with Crippen LogP contribution in [0.3, 0.4) is 0 Å². The monoisotopic (exact) mass is 462 g/mol. The van der Waals surface area contributed by atoms with Gasteiger partial charge in [0.25, 0.3) is 0 Å². The van der Waals surface area contributed by atoms with E-state index in [-0.39, 0.29) is 11.2 Å². The quantitative estimate of drug-likeness (QED) is 0.342. The van der Waals surface area contributed by atoms with E-state index in [9.17, 15) is 4.79 Å². The summed E-state index contributed by atoms with van der Waals surface area (Å²) in [7, 11) is 1.63. The van der Waals surface area contributed by atoms with Crippen LogP contribution in [-0.4, -0.2) is 33.0 Å². The molecule has 0 spiro atoms. The van der Waals surface area contributed by atoms with Crippen LogP contribution in [0.2, 0.25) is 0 Å². The van der Waals surface area contributed by atoms with E-state index in [0.29, 0.717) is 30.5 Å². The SMILES string of the molecule is CCC(Sc1nnc(-c2cccc(OC)c2)n1Cc1ccco1)C(=O)NCc1ccccc1. The second kappa shape index (κ2) is 10.9. The van der Waals surface area contributed by atoms with Gasteiger partial charge in [0.05, 0.1) is 25.2 Å². The first kappa shape index (κ1) is 22.7. The molecule has 0 bridgehead atoms. The Morgan fingerprint density at radius 1 is 1.12 bits per heavy atom. The van der Waals surface area contributed by atoms with Crippen molar-refractivity contribution in [2.45, 2.75) is 36.8 Å². The zero-order valence-corrected chi connectivity index (χ0v) is 19.4. The molecule has 2 heterocycles. The molecular weight excluding hydrogens is 436 g/mol. The summed E-state index contributed by atoms with van der Waals surface area (Å²) in [5.41, 5.74) is 1.94. The molecule has 4 rings (SSSR count). The van der Waals surface area contributed by atoms with Crippen molar-refractivity contribution < 1.29 is 13.9 Å². The van der Waals surface area contributed by atoms with Crippen LogP contribution in [0.4, 0.5) is 0 Å². The van der Waals surface area contributed by atoms with Crippen LogP contribution in [0, 0.1) is 0 Å². The molecule has 2 aromatic heterocycles. The molecule has 7 nitrogen and oxygen atoms in total. The highest BCUT2D eigenvalue weighted by atomic mass is 32.2. The molecule has 1 atom stereocenters. The molecule has 8 heteroatoms. The van der Waals surface area contributed by atoms with Crippen molar-refractivity contribution in [3.8, 4) is 17.1 Å². The van der Waals surface area contributed by atoms with Gasteiger partial charge in [-0.15, -0.1) is 10.2 Å². The number of nitrogens with one attached hydrogen (secondary N) is 1. The second-order valence-electron chi connectivity index (χ2n) is 7.42. The zero-order chi connectivity index (χ0) is 23.0. The van der Waals surface area contributed by atoms with E-state index < -0.39 is 0 Å². The normalized spacial score (nSPS) is 11.8. The number of aromatic nitrogens is 3. The molecule has 1 amide bonds. The number of rotatable bonds is 10. The predicted molar refractivity (Wildman–Crippen MR) is 128 cm³/mol. The van der Waals surface area contributed by atoms with Gasteiger partial charge < -0.3 is 14.5 Å². The van der Waals surface area contributed by atoms with Crippen molar-refractivity contribution >= 4 is 17.7 Å². The predicted octanol–water partition coefficient (Wildman–Crippen LogP) is 4.78. The summed E-state index contributed by atoms with van der Waals surface area (Å²) >= 11 is 1.41. The maximum Gasteiger partial charge on any atom is 0.233 e. The van der Waals surface area contributed by atoms with Gasteiger partial charge in [0.2, 0.25) is 5.91 Å². The third-order valence-corrected chi connectivity index (χ3v) is 6.50. The Labute approximate surface area is 197 Å². The Bertz CT molecular complexity index is 1180. The Balaban J connectivity index is 1.57. The zero-order valence-electron chi connectivity index (χ0n) is 18.6. The lowest BCUT2D eigenvalue weighted by molar-refractivity contribution is -0.120. The van der Waals surface area contributed by atoms with Crippen LogP contribution in [0.5, 0.6) is 5.75 Å². The van der Waals surface area contributed by atoms with Crippen LogP contribution in [0.15, 0.2) is 82.6 Å². The van der Waals surface area contributed by atoms with Gasteiger partial charge >= 0.3 is 0 Å². The number of nitrogens with zero attached hydrogens (tertiary/aromatic N) is 3. The van der Waals surface area contributed by atoms with Crippen molar-refractivity contribution in [2.24, 2.45) is 0 Å². The maximum absolute atomic E-state index is 12.9. The van der Waals surface area contributed by atoms with Gasteiger partial charge in [-0.3, -0.25) is 9.36 Å². The third kappa shape index (κ3) is 5.64. The van der Waals surface area contributed by atoms with Gasteiger partial charge in [-0.1, -0.05) is 61.2 Å². The van der Waals surface area contributed by atoms with Crippen LogP contribution >= 0.6 is 11.8 Å². The van der Waals surface area contributed by atoms with E-state index in [1.165, 1.54) is 11.8 Å². The maximum atomic E-state index is 12.9. The topological polar surface area (TPSA) is 82.2 Å². The number of ether oxygens (including phenoxy) is 1. The van der Waals surface area contributed by atoms with E-state index >= 15 is 0 Å². The molecule has 4 aromatic rings. The fraction of sp³-hybridized carbons (Fsp3) is 0.240. The van der Waals surface area contributed by atoms with Gasteiger partial charge in [-0.2, -0.15) is 0 Å². The number of carbonyl (C=O) groups excluding carboxylic acids is 1. The molecule has 0 saturated heterocycles. The first-order valence-corrected chi connectivity index (χ1v) is 11.6. The molecule has 0 aliphatic heterocycles. The molecule has 1 N–H and O–H groups in total. The number of amides is 1. The fourth-order valence-corrected chi connectivity index (χ4v) is 4.38. The molecule has 0 aliphatic carbocycles. The molecule has 0 saturated carbocycles. The summed E-state index contributed by atoms with van der Waals surface area (Å²) in [6.45, 7) is 2.94. The van der Waals surface area contributed by atoms with Crippen molar-refractivity contribution in [2.75, 3.05) is 7.11 Å². The first-order valence-electron chi connectivity index (χ1n) is 10.8. The third-order valence-electron chi connectivity index (χ3n) is 5.16. The Morgan fingerprint density at radius 2 is 1.97 bits per heavy atom. The lowest BCUT2D eigenvalue weighted by Crippen LogP contribution is -2.32. The van der Waals surface area contributed by atoms with Crippen molar-refractivity contribution in [1.29, 1.82) is 0 Å². The van der Waals surface area contributed by atoms with E-state index in [1.807, 2.05) is 78.2 Å². The molecular formula is C25H26N4O3S. The summed E-state index contributed by atoms with van der Waals surface area (Å²) in [5.74, 6) is 2.18. The minimum atomic E-state index is -0.300. The average molecular weight is 463 g/mol. The molecule has 33 heavy (non-hydrogen) atoms. The van der Waals surface area contributed by atoms with Crippen LogP contribution in [0.1, 0.15) is 24.7 Å². The molecule has 0 radical (unpaired) electrons. The molecule has 170 valence electrons. The van der Waals surface area contributed by atoms with E-state index in [0.717, 1.165) is 22.6 Å². The van der Waals surface area contributed by atoms with Gasteiger partial charge in [0.15, 0.2) is 11.0 Å². The van der Waals surface area contributed by atoms with Gasteiger partial charge in [0, 0.05) is 12.1 Å². The minimum absolute atomic E-state index is 0.0261. The number of thioether (sulfide) groups is 1. The summed E-state index contributed by atoms with van der Waals surface area (Å²) in [4.78, 5) is 12.9. The molecule has 2 aromatic carbocycles. The van der Waals surface area contributed by atoms with Gasteiger partial charge in [-0.25, -0.2) is 0 Å². The van der Waals surface area contributed by atoms with E-state index in [1.54, 1.807) is 13.4 Å². The van der Waals surface area contributed by atoms with Crippen LogP contribution in [0.25, 0.3) is 11.4 Å². The minimum Gasteiger partial charge on any atom is -0.497 e. The highest BCUT2D eigenvalue weighted by Crippen LogP contribution is 2.30. The van der Waals surface area contributed by atoms with Crippen molar-refractivity contribution in [1.82, 2.24) is 20.1 Å². The second-order valence-corrected chi connectivity index (χ2v) is 8.59. The number of methoxy groups -OCH3 is 1. The molecule has 0 fully saturated rings. The van der Waals surface area contributed by atoms with Gasteiger partial charge in [-0.05, 0) is 36.2 Å². The fourth-order valence-electron chi connectivity index (χ4n) is 3.40. The average Bonchev–Trinajstić information content (AvgIpc) is 3.52. The van der Waals surface area contributed by atoms with Crippen LogP contribution < -0.4 is 10.1 Å². The van der Waals surface area contributed by atoms with Crippen molar-refractivity contribution in [3.05, 3.63) is 84.3 Å². The number of furan rings is 1. The lowest BCUT2D eigenvalue weighted by Gasteiger charge is -2.15. The first-order chi connectivity index (χ1) is 16.2. The van der Waals surface area contributed by atoms with Crippen LogP contribution in [-0.2, 0) is 17.9 Å². The summed E-state index contributed by atoms with van der Waals surface area (Å²) in [5, 5.41) is 12.3.